The quantitative estimate of drug-likeness (QED) is 0.829. The highest BCUT2D eigenvalue weighted by Gasteiger charge is 2.35. The third-order valence-electron chi connectivity index (χ3n) is 3.95. The molecule has 1 aromatic carbocycles. The van der Waals surface area contributed by atoms with E-state index in [-0.39, 0.29) is 12.1 Å². The summed E-state index contributed by atoms with van der Waals surface area (Å²) in [6.45, 7) is 0.646. The molecule has 0 unspecified atom stereocenters. The van der Waals surface area contributed by atoms with Crippen molar-refractivity contribution in [3.63, 3.8) is 0 Å². The molecule has 2 atom stereocenters. The van der Waals surface area contributed by atoms with E-state index < -0.39 is 35.5 Å². The first-order chi connectivity index (χ1) is 10.7. The molecule has 0 aliphatic carbocycles. The number of hydrogen-bond donors (Lipinski definition) is 2. The molecule has 128 valence electrons. The van der Waals surface area contributed by atoms with Gasteiger partial charge in [0.2, 0.25) is 5.91 Å². The number of hydrogen-bond acceptors (Lipinski definition) is 3. The van der Waals surface area contributed by atoms with Gasteiger partial charge in [0.1, 0.15) is 5.82 Å². The van der Waals surface area contributed by atoms with Gasteiger partial charge in [0.15, 0.2) is 0 Å². The molecule has 1 aromatic rings. The van der Waals surface area contributed by atoms with Crippen LogP contribution in [0.15, 0.2) is 18.2 Å². The van der Waals surface area contributed by atoms with Crippen molar-refractivity contribution in [2.45, 2.75) is 25.2 Å². The van der Waals surface area contributed by atoms with Gasteiger partial charge < -0.3 is 15.3 Å². The number of halogens is 4. The number of aliphatic hydroxyl groups excluding tert-OH is 1. The predicted molar refractivity (Wildman–Crippen MR) is 74.9 cm³/mol. The summed E-state index contributed by atoms with van der Waals surface area (Å²) in [6.07, 6.45) is -5.16. The molecule has 8 heteroatoms. The second kappa shape index (κ2) is 6.84. The number of benzene rings is 1. The number of piperidine rings is 1. The average molecular weight is 334 g/mol. The van der Waals surface area contributed by atoms with Crippen molar-refractivity contribution in [2.24, 2.45) is 5.92 Å². The van der Waals surface area contributed by atoms with E-state index >= 15 is 0 Å². The lowest BCUT2D eigenvalue weighted by Crippen LogP contribution is -2.48. The topological polar surface area (TPSA) is 52.6 Å². The molecule has 23 heavy (non-hydrogen) atoms. The molecule has 0 saturated carbocycles. The van der Waals surface area contributed by atoms with E-state index in [0.717, 1.165) is 6.07 Å². The minimum atomic E-state index is -4.79. The summed E-state index contributed by atoms with van der Waals surface area (Å²) in [7, 11) is 1.80. The van der Waals surface area contributed by atoms with Crippen LogP contribution in [0.5, 0.6) is 0 Å². The summed E-state index contributed by atoms with van der Waals surface area (Å²) in [4.78, 5) is 14.0. The van der Waals surface area contributed by atoms with Crippen LogP contribution in [0, 0.1) is 11.7 Å². The average Bonchev–Trinajstić information content (AvgIpc) is 2.47. The molecule has 1 heterocycles. The van der Waals surface area contributed by atoms with E-state index in [0.29, 0.717) is 25.6 Å². The summed E-state index contributed by atoms with van der Waals surface area (Å²) >= 11 is 0. The number of nitrogens with one attached hydrogen (secondary N) is 1. The van der Waals surface area contributed by atoms with Crippen LogP contribution < -0.4 is 5.32 Å². The Hall–Kier alpha value is -1.67. The van der Waals surface area contributed by atoms with Crippen LogP contribution in [0.4, 0.5) is 17.6 Å². The first kappa shape index (κ1) is 17.7. The number of carbonyl (C=O) groups excluding carboxylic acids is 1. The largest absolute Gasteiger partial charge is 0.419 e. The predicted octanol–water partition coefficient (Wildman–Crippen LogP) is 1.77. The van der Waals surface area contributed by atoms with E-state index in [1.807, 2.05) is 4.90 Å². The Kier molecular flexibility index (Phi) is 5.26. The fourth-order valence-electron chi connectivity index (χ4n) is 2.61. The first-order valence-electron chi connectivity index (χ1n) is 7.19. The molecule has 0 radical (unpaired) electrons. The highest BCUT2D eigenvalue weighted by atomic mass is 19.4. The van der Waals surface area contributed by atoms with Gasteiger partial charge in [-0.25, -0.2) is 4.39 Å². The number of aliphatic hydroxyl groups is 1. The van der Waals surface area contributed by atoms with Gasteiger partial charge in [-0.2, -0.15) is 13.2 Å². The van der Waals surface area contributed by atoms with E-state index in [9.17, 15) is 27.5 Å². The molecule has 2 N–H and O–H groups in total. The Morgan fingerprint density at radius 3 is 2.78 bits per heavy atom. The van der Waals surface area contributed by atoms with Crippen molar-refractivity contribution in [1.82, 2.24) is 10.2 Å². The number of carbonyl (C=O) groups is 1. The summed E-state index contributed by atoms with van der Waals surface area (Å²) < 4.78 is 51.8. The second-order valence-corrected chi connectivity index (χ2v) is 5.72. The lowest BCUT2D eigenvalue weighted by atomic mass is 9.94. The molecule has 4 nitrogen and oxygen atoms in total. The zero-order chi connectivity index (χ0) is 17.2. The highest BCUT2D eigenvalue weighted by molar-refractivity contribution is 5.79. The third kappa shape index (κ3) is 4.20. The number of likely N-dealkylation sites (tertiary alicyclic amines) is 1. The van der Waals surface area contributed by atoms with Gasteiger partial charge in [-0.1, -0.05) is 12.1 Å². The maximum atomic E-state index is 13.9. The second-order valence-electron chi connectivity index (χ2n) is 5.72. The molecule has 1 fully saturated rings. The van der Waals surface area contributed by atoms with Crippen molar-refractivity contribution < 1.29 is 27.5 Å². The van der Waals surface area contributed by atoms with Crippen molar-refractivity contribution in [3.05, 3.63) is 35.1 Å². The number of nitrogens with zero attached hydrogens (tertiary/aromatic N) is 1. The molecule has 0 bridgehead atoms. The van der Waals surface area contributed by atoms with E-state index in [2.05, 4.69) is 5.32 Å². The van der Waals surface area contributed by atoms with Crippen molar-refractivity contribution >= 4 is 5.91 Å². The molecule has 0 spiro atoms. The fraction of sp³-hybridized carbons (Fsp3) is 0.533. The summed E-state index contributed by atoms with van der Waals surface area (Å²) in [6, 6.07) is 2.94. The minimum absolute atomic E-state index is 0.244. The molecule has 1 amide bonds. The molecular formula is C15H18F4N2O2. The Labute approximate surface area is 131 Å². The highest BCUT2D eigenvalue weighted by Crippen LogP contribution is 2.32. The standard InChI is InChI=1S/C15H18F4N2O2/c1-21-6-5-12(22)10(8-21)14(23)20-7-9-3-2-4-11(13(9)16)15(17,18)19/h2-4,10,12,22H,5-8H2,1H3,(H,20,23)/t10-,12+/m1/s1. The Morgan fingerprint density at radius 1 is 1.43 bits per heavy atom. The van der Waals surface area contributed by atoms with Gasteiger partial charge in [-0.15, -0.1) is 0 Å². The van der Waals surface area contributed by atoms with Crippen LogP contribution in [-0.4, -0.2) is 42.2 Å². The van der Waals surface area contributed by atoms with E-state index in [1.165, 1.54) is 6.07 Å². The third-order valence-corrected chi connectivity index (χ3v) is 3.95. The molecule has 1 saturated heterocycles. The zero-order valence-corrected chi connectivity index (χ0v) is 12.5. The number of rotatable bonds is 3. The maximum absolute atomic E-state index is 13.9. The minimum Gasteiger partial charge on any atom is -0.392 e. The first-order valence-corrected chi connectivity index (χ1v) is 7.19. The lowest BCUT2D eigenvalue weighted by molar-refractivity contribution is -0.140. The van der Waals surface area contributed by atoms with Gasteiger partial charge in [0.25, 0.3) is 0 Å². The summed E-state index contributed by atoms with van der Waals surface area (Å²) in [5.74, 6) is -2.56. The van der Waals surface area contributed by atoms with E-state index in [1.54, 1.807) is 7.05 Å². The van der Waals surface area contributed by atoms with Gasteiger partial charge in [-0.05, 0) is 19.5 Å². The molecule has 1 aliphatic rings. The summed E-state index contributed by atoms with van der Waals surface area (Å²) in [5.41, 5.74) is -1.60. The number of alkyl halides is 3. The Bertz CT molecular complexity index is 577. The van der Waals surface area contributed by atoms with Crippen molar-refractivity contribution in [3.8, 4) is 0 Å². The molecule has 0 aromatic heterocycles. The van der Waals surface area contributed by atoms with Gasteiger partial charge in [-0.3, -0.25) is 4.79 Å². The van der Waals surface area contributed by atoms with Gasteiger partial charge in [0.05, 0.1) is 17.6 Å². The molecular weight excluding hydrogens is 316 g/mol. The SMILES string of the molecule is CN1CC[C@H](O)[C@H](C(=O)NCc2cccc(C(F)(F)F)c2F)C1. The van der Waals surface area contributed by atoms with Crippen LogP contribution in [0.25, 0.3) is 0 Å². The summed E-state index contributed by atoms with van der Waals surface area (Å²) in [5, 5.41) is 12.3. The fourth-order valence-corrected chi connectivity index (χ4v) is 2.61. The van der Waals surface area contributed by atoms with Crippen molar-refractivity contribution in [2.75, 3.05) is 20.1 Å². The smallest absolute Gasteiger partial charge is 0.392 e. The monoisotopic (exact) mass is 334 g/mol. The normalized spacial score (nSPS) is 22.9. The molecule has 2 rings (SSSR count). The van der Waals surface area contributed by atoms with Crippen molar-refractivity contribution in [1.29, 1.82) is 0 Å². The van der Waals surface area contributed by atoms with Crippen LogP contribution in [-0.2, 0) is 17.5 Å². The number of amides is 1. The van der Waals surface area contributed by atoms with Gasteiger partial charge >= 0.3 is 6.18 Å². The van der Waals surface area contributed by atoms with Crippen LogP contribution in [0.3, 0.4) is 0 Å². The van der Waals surface area contributed by atoms with Crippen LogP contribution in [0.2, 0.25) is 0 Å². The zero-order valence-electron chi connectivity index (χ0n) is 12.5. The Balaban J connectivity index is 2.05. The van der Waals surface area contributed by atoms with Crippen LogP contribution >= 0.6 is 0 Å². The lowest BCUT2D eigenvalue weighted by Gasteiger charge is -2.32. The molecule has 1 aliphatic heterocycles. The van der Waals surface area contributed by atoms with Gasteiger partial charge in [0, 0.05) is 25.2 Å². The van der Waals surface area contributed by atoms with Crippen LogP contribution in [0.1, 0.15) is 17.5 Å². The maximum Gasteiger partial charge on any atom is 0.419 e. The van der Waals surface area contributed by atoms with E-state index in [4.69, 9.17) is 0 Å². The Morgan fingerprint density at radius 2 is 2.13 bits per heavy atom.